The number of anilines is 1. The number of thioether (sulfide) groups is 1. The van der Waals surface area contributed by atoms with Crippen molar-refractivity contribution in [3.05, 3.63) is 5.28 Å². The average Bonchev–Trinajstić information content (AvgIpc) is 2.45. The Hall–Kier alpha value is -0.590. The van der Waals surface area contributed by atoms with Crippen LogP contribution in [-0.4, -0.2) is 45.5 Å². The van der Waals surface area contributed by atoms with Crippen LogP contribution < -0.4 is 4.90 Å². The molecule has 19 heavy (non-hydrogen) atoms. The van der Waals surface area contributed by atoms with E-state index in [0.29, 0.717) is 11.1 Å². The molecular weight excluding hydrogens is 284 g/mol. The molecule has 2 heterocycles. The lowest BCUT2D eigenvalue weighted by Gasteiger charge is -2.26. The first-order valence-electron chi connectivity index (χ1n) is 6.59. The predicted molar refractivity (Wildman–Crippen MR) is 77.9 cm³/mol. The normalized spacial score (nSPS) is 17.5. The van der Waals surface area contributed by atoms with Crippen LogP contribution in [0.25, 0.3) is 0 Å². The van der Waals surface area contributed by atoms with Gasteiger partial charge in [0.1, 0.15) is 0 Å². The zero-order valence-electron chi connectivity index (χ0n) is 11.0. The lowest BCUT2D eigenvalue weighted by molar-refractivity contribution is 0.250. The van der Waals surface area contributed by atoms with E-state index in [9.17, 15) is 0 Å². The molecule has 1 atom stereocenters. The molecule has 0 aromatic carbocycles. The van der Waals surface area contributed by atoms with E-state index in [2.05, 4.69) is 19.9 Å². The molecule has 0 saturated carbocycles. The van der Waals surface area contributed by atoms with Crippen molar-refractivity contribution in [3.63, 3.8) is 0 Å². The second-order valence-corrected chi connectivity index (χ2v) is 6.16. The van der Waals surface area contributed by atoms with Crippen LogP contribution >= 0.6 is 23.4 Å². The van der Waals surface area contributed by atoms with E-state index < -0.39 is 0 Å². The second-order valence-electron chi connectivity index (χ2n) is 4.83. The second kappa shape index (κ2) is 7.26. The minimum absolute atomic E-state index is 0.171. The number of hydrogen-bond donors (Lipinski definition) is 1. The third-order valence-corrected chi connectivity index (χ3v) is 4.37. The summed E-state index contributed by atoms with van der Waals surface area (Å²) >= 11 is 7.48. The number of rotatable bonds is 5. The van der Waals surface area contributed by atoms with Gasteiger partial charge in [0.05, 0.1) is 0 Å². The minimum Gasteiger partial charge on any atom is -0.396 e. The third-order valence-electron chi connectivity index (χ3n) is 3.02. The van der Waals surface area contributed by atoms with Gasteiger partial charge in [-0.15, -0.1) is 0 Å². The number of hydrogen-bond acceptors (Lipinski definition) is 6. The summed E-state index contributed by atoms with van der Waals surface area (Å²) in [6.45, 7) is 4.13. The molecule has 0 radical (unpaired) electrons. The summed E-state index contributed by atoms with van der Waals surface area (Å²) in [7, 11) is 0. The van der Waals surface area contributed by atoms with Gasteiger partial charge in [0.25, 0.3) is 0 Å². The van der Waals surface area contributed by atoms with E-state index in [-0.39, 0.29) is 17.8 Å². The Balaban J connectivity index is 2.05. The van der Waals surface area contributed by atoms with E-state index in [0.717, 1.165) is 18.8 Å². The largest absolute Gasteiger partial charge is 0.396 e. The maximum absolute atomic E-state index is 9.03. The highest BCUT2D eigenvalue weighted by molar-refractivity contribution is 7.99. The highest BCUT2D eigenvalue weighted by Crippen LogP contribution is 2.22. The van der Waals surface area contributed by atoms with Crippen molar-refractivity contribution in [2.24, 2.45) is 5.92 Å². The quantitative estimate of drug-likeness (QED) is 0.842. The molecule has 1 aromatic heterocycles. The van der Waals surface area contributed by atoms with Crippen LogP contribution in [-0.2, 0) is 0 Å². The summed E-state index contributed by atoms with van der Waals surface area (Å²) < 4.78 is 0. The number of piperidine rings is 1. The Labute approximate surface area is 122 Å². The number of halogens is 1. The molecule has 0 spiro atoms. The average molecular weight is 303 g/mol. The first kappa shape index (κ1) is 14.8. The molecule has 0 amide bonds. The molecule has 0 aliphatic carbocycles. The van der Waals surface area contributed by atoms with Gasteiger partial charge < -0.3 is 10.0 Å². The highest BCUT2D eigenvalue weighted by Gasteiger charge is 2.16. The Bertz CT molecular complexity index is 415. The molecule has 1 aliphatic rings. The molecule has 1 aromatic rings. The zero-order valence-corrected chi connectivity index (χ0v) is 12.6. The van der Waals surface area contributed by atoms with Gasteiger partial charge in [-0.05, 0) is 36.8 Å². The van der Waals surface area contributed by atoms with Gasteiger partial charge in [-0.2, -0.15) is 15.0 Å². The van der Waals surface area contributed by atoms with Gasteiger partial charge in [-0.1, -0.05) is 18.7 Å². The van der Waals surface area contributed by atoms with Crippen molar-refractivity contribution in [1.82, 2.24) is 15.0 Å². The molecule has 1 fully saturated rings. The maximum Gasteiger partial charge on any atom is 0.230 e. The zero-order chi connectivity index (χ0) is 13.7. The van der Waals surface area contributed by atoms with Crippen molar-refractivity contribution in [2.45, 2.75) is 31.3 Å². The molecule has 106 valence electrons. The van der Waals surface area contributed by atoms with Gasteiger partial charge in [-0.25, -0.2) is 0 Å². The van der Waals surface area contributed by atoms with Crippen LogP contribution in [0.5, 0.6) is 0 Å². The van der Waals surface area contributed by atoms with Crippen LogP contribution in [0.1, 0.15) is 26.2 Å². The van der Waals surface area contributed by atoms with Crippen molar-refractivity contribution in [2.75, 3.05) is 30.3 Å². The standard InChI is InChI=1S/C12H19ClN4OS/c1-9(7-18)8-19-12-15-10(13)14-11(16-12)17-5-3-2-4-6-17/h9,18H,2-8H2,1H3. The van der Waals surface area contributed by atoms with Gasteiger partial charge >= 0.3 is 0 Å². The summed E-state index contributed by atoms with van der Waals surface area (Å²) in [5.74, 6) is 1.67. The van der Waals surface area contributed by atoms with Crippen molar-refractivity contribution < 1.29 is 5.11 Å². The topological polar surface area (TPSA) is 62.1 Å². The number of aromatic nitrogens is 3. The van der Waals surface area contributed by atoms with E-state index >= 15 is 0 Å². The monoisotopic (exact) mass is 302 g/mol. The molecule has 1 aliphatic heterocycles. The Morgan fingerprint density at radius 1 is 1.26 bits per heavy atom. The summed E-state index contributed by atoms with van der Waals surface area (Å²) in [6, 6.07) is 0. The molecule has 1 saturated heterocycles. The van der Waals surface area contributed by atoms with E-state index in [1.165, 1.54) is 31.0 Å². The van der Waals surface area contributed by atoms with Crippen molar-refractivity contribution in [3.8, 4) is 0 Å². The van der Waals surface area contributed by atoms with Crippen LogP contribution in [0, 0.1) is 5.92 Å². The molecule has 5 nitrogen and oxygen atoms in total. The smallest absolute Gasteiger partial charge is 0.230 e. The van der Waals surface area contributed by atoms with Crippen LogP contribution in [0.15, 0.2) is 5.16 Å². The molecule has 1 N–H and O–H groups in total. The molecule has 0 bridgehead atoms. The number of aliphatic hydroxyl groups is 1. The SMILES string of the molecule is CC(CO)CSc1nc(Cl)nc(N2CCCCC2)n1. The van der Waals surface area contributed by atoms with Gasteiger partial charge in [0.2, 0.25) is 11.2 Å². The fourth-order valence-electron chi connectivity index (χ4n) is 1.89. The molecule has 2 rings (SSSR count). The Morgan fingerprint density at radius 3 is 2.68 bits per heavy atom. The molecular formula is C12H19ClN4OS. The molecule has 7 heteroatoms. The van der Waals surface area contributed by atoms with Gasteiger partial charge in [-0.3, -0.25) is 0 Å². The first-order valence-corrected chi connectivity index (χ1v) is 7.95. The van der Waals surface area contributed by atoms with Crippen LogP contribution in [0.2, 0.25) is 5.28 Å². The lowest BCUT2D eigenvalue weighted by atomic mass is 10.1. The summed E-state index contributed by atoms with van der Waals surface area (Å²) in [5, 5.41) is 9.91. The highest BCUT2D eigenvalue weighted by atomic mass is 35.5. The summed E-state index contributed by atoms with van der Waals surface area (Å²) in [6.07, 6.45) is 3.62. The first-order chi connectivity index (χ1) is 9.19. The van der Waals surface area contributed by atoms with Crippen molar-refractivity contribution >= 4 is 29.3 Å². The van der Waals surface area contributed by atoms with Gasteiger partial charge in [0, 0.05) is 25.4 Å². The van der Waals surface area contributed by atoms with E-state index in [1.54, 1.807) is 0 Å². The van der Waals surface area contributed by atoms with E-state index in [1.807, 2.05) is 6.92 Å². The predicted octanol–water partition coefficient (Wildman–Crippen LogP) is 2.24. The fraction of sp³-hybridized carbons (Fsp3) is 0.750. The van der Waals surface area contributed by atoms with Crippen LogP contribution in [0.4, 0.5) is 5.95 Å². The Kier molecular flexibility index (Phi) is 5.66. The Morgan fingerprint density at radius 2 is 2.00 bits per heavy atom. The summed E-state index contributed by atoms with van der Waals surface area (Å²) in [4.78, 5) is 15.0. The number of nitrogens with zero attached hydrogens (tertiary/aromatic N) is 4. The van der Waals surface area contributed by atoms with E-state index in [4.69, 9.17) is 16.7 Å². The van der Waals surface area contributed by atoms with Gasteiger partial charge in [0.15, 0.2) is 5.16 Å². The maximum atomic E-state index is 9.03. The fourth-order valence-corrected chi connectivity index (χ4v) is 2.93. The molecule has 1 unspecified atom stereocenters. The number of aliphatic hydroxyl groups excluding tert-OH is 1. The summed E-state index contributed by atoms with van der Waals surface area (Å²) in [5.41, 5.74) is 0. The lowest BCUT2D eigenvalue weighted by Crippen LogP contribution is -2.31. The van der Waals surface area contributed by atoms with Crippen LogP contribution in [0.3, 0.4) is 0 Å². The van der Waals surface area contributed by atoms with Crippen molar-refractivity contribution in [1.29, 1.82) is 0 Å². The minimum atomic E-state index is 0.171. The third kappa shape index (κ3) is 4.47.